The molecule has 0 aromatic heterocycles. The van der Waals surface area contributed by atoms with Gasteiger partial charge in [-0.15, -0.1) is 0 Å². The number of ketones is 1. The van der Waals surface area contributed by atoms with E-state index in [1.54, 1.807) is 99.1 Å². The van der Waals surface area contributed by atoms with Crippen LogP contribution in [-0.4, -0.2) is 31.8 Å². The zero-order chi connectivity index (χ0) is 35.7. The quantitative estimate of drug-likeness (QED) is 0.163. The topological polar surface area (TPSA) is 72.9 Å². The fraction of sp³-hybridized carbons (Fsp3) is 0.167. The van der Waals surface area contributed by atoms with Gasteiger partial charge in [-0.25, -0.2) is 4.90 Å². The Morgan fingerprint density at radius 3 is 1.39 bits per heavy atom. The summed E-state index contributed by atoms with van der Waals surface area (Å²) in [5.74, 6) is -3.23. The van der Waals surface area contributed by atoms with Crippen LogP contribution in [0.1, 0.15) is 27.8 Å². The number of anilines is 1. The summed E-state index contributed by atoms with van der Waals surface area (Å²) in [4.78, 5) is 47.0. The van der Waals surface area contributed by atoms with Crippen LogP contribution < -0.4 is 14.4 Å². The van der Waals surface area contributed by atoms with Crippen LogP contribution in [0.2, 0.25) is 0 Å². The highest BCUT2D eigenvalue weighted by Gasteiger charge is 2.82. The number of hydrogen-bond donors (Lipinski definition) is 0. The Labute approximate surface area is 291 Å². The molecule has 5 aromatic rings. The molecule has 5 aromatic carbocycles. The Hall–Kier alpha value is -5.96. The summed E-state index contributed by atoms with van der Waals surface area (Å²) in [6.07, 6.45) is -4.71. The Bertz CT molecular complexity index is 2100. The number of ether oxygens (including phenoxy) is 2. The SMILES string of the molecule is COc1ccc(C2=C(c3ccc(OC)cc3)[C@@]3(c4ccccc4)C(=O)[C@@]2(c2ccccc2)[C@@H]2C(=O)N(c4cccc(C(F)(F)F)c4)C(=O)[C@H]23)cc1. The third kappa shape index (κ3) is 4.33. The lowest BCUT2D eigenvalue weighted by atomic mass is 9.59. The zero-order valence-corrected chi connectivity index (χ0v) is 27.5. The second-order valence-corrected chi connectivity index (χ2v) is 12.9. The van der Waals surface area contributed by atoms with Crippen LogP contribution in [0.25, 0.3) is 11.1 Å². The average molecular weight is 686 g/mol. The number of rotatable bonds is 7. The van der Waals surface area contributed by atoms with Crippen LogP contribution in [-0.2, 0) is 31.4 Å². The molecule has 1 saturated heterocycles. The van der Waals surface area contributed by atoms with Gasteiger partial charge in [0.15, 0.2) is 5.78 Å². The molecule has 0 N–H and O–H groups in total. The number of fused-ring (bicyclic) bond motifs is 5. The van der Waals surface area contributed by atoms with Crippen molar-refractivity contribution in [3.63, 3.8) is 0 Å². The molecule has 254 valence electrons. The fourth-order valence-corrected chi connectivity index (χ4v) is 8.72. The molecule has 4 atom stereocenters. The molecule has 2 fully saturated rings. The van der Waals surface area contributed by atoms with Gasteiger partial charge in [0.25, 0.3) is 0 Å². The van der Waals surface area contributed by atoms with Gasteiger partial charge < -0.3 is 9.47 Å². The first-order valence-electron chi connectivity index (χ1n) is 16.3. The van der Waals surface area contributed by atoms with E-state index in [4.69, 9.17) is 9.47 Å². The summed E-state index contributed by atoms with van der Waals surface area (Å²) < 4.78 is 52.8. The monoisotopic (exact) mass is 685 g/mol. The lowest BCUT2D eigenvalue weighted by Gasteiger charge is -2.39. The standard InChI is InChI=1S/C42H30F3NO5/c1-50-31-20-16-25(17-21-31)33-34(26-18-22-32(51-2)23-19-26)41(28-12-7-4-8-13-28)36-35(40(33,39(41)49)27-10-5-3-6-11-27)37(47)46(38(36)48)30-15-9-14-29(24-30)42(43,44)45/h3-24,35-36H,1-2H3/t35-,36-,40+,41+/m0/s1. The lowest BCUT2D eigenvalue weighted by Crippen LogP contribution is -2.45. The number of amides is 2. The molecule has 51 heavy (non-hydrogen) atoms. The molecule has 9 heteroatoms. The average Bonchev–Trinajstić information content (AvgIpc) is 3.67. The van der Waals surface area contributed by atoms with E-state index >= 15 is 14.4 Å². The number of hydrogen-bond acceptors (Lipinski definition) is 5. The van der Waals surface area contributed by atoms with Crippen LogP contribution >= 0.6 is 0 Å². The van der Waals surface area contributed by atoms with E-state index in [2.05, 4.69) is 0 Å². The Morgan fingerprint density at radius 1 is 0.569 bits per heavy atom. The van der Waals surface area contributed by atoms with Gasteiger partial charge in [0.2, 0.25) is 11.8 Å². The number of halogens is 3. The first-order chi connectivity index (χ1) is 24.6. The minimum absolute atomic E-state index is 0.204. The van der Waals surface area contributed by atoms with Crippen molar-refractivity contribution >= 4 is 34.4 Å². The number of imide groups is 1. The number of methoxy groups -OCH3 is 2. The second kappa shape index (κ2) is 11.6. The largest absolute Gasteiger partial charge is 0.497 e. The molecular formula is C42H30F3NO5. The molecule has 1 heterocycles. The summed E-state index contributed by atoms with van der Waals surface area (Å²) >= 11 is 0. The molecule has 3 aliphatic rings. The van der Waals surface area contributed by atoms with Gasteiger partial charge in [0.05, 0.1) is 48.1 Å². The van der Waals surface area contributed by atoms with Crippen molar-refractivity contribution in [3.05, 3.63) is 161 Å². The van der Waals surface area contributed by atoms with Crippen molar-refractivity contribution in [2.75, 3.05) is 19.1 Å². The molecule has 0 radical (unpaired) electrons. The van der Waals surface area contributed by atoms with Crippen molar-refractivity contribution in [3.8, 4) is 11.5 Å². The van der Waals surface area contributed by atoms with Gasteiger partial charge in [-0.3, -0.25) is 14.4 Å². The van der Waals surface area contributed by atoms with E-state index in [0.29, 0.717) is 44.9 Å². The molecule has 8 rings (SSSR count). The van der Waals surface area contributed by atoms with Crippen LogP contribution in [0.5, 0.6) is 11.5 Å². The third-order valence-electron chi connectivity index (χ3n) is 10.6. The third-order valence-corrected chi connectivity index (χ3v) is 10.6. The van der Waals surface area contributed by atoms with E-state index in [-0.39, 0.29) is 11.5 Å². The van der Waals surface area contributed by atoms with E-state index < -0.39 is 46.2 Å². The summed E-state index contributed by atoms with van der Waals surface area (Å²) in [5, 5.41) is 0. The Kier molecular flexibility index (Phi) is 7.31. The summed E-state index contributed by atoms with van der Waals surface area (Å²) in [6.45, 7) is 0. The zero-order valence-electron chi connectivity index (χ0n) is 27.5. The van der Waals surface area contributed by atoms with Crippen LogP contribution in [0.3, 0.4) is 0 Å². The molecule has 2 amide bonds. The molecule has 2 aliphatic carbocycles. The molecular weight excluding hydrogens is 655 g/mol. The number of carbonyl (C=O) groups is 3. The molecule has 0 spiro atoms. The van der Waals surface area contributed by atoms with E-state index in [1.165, 1.54) is 12.1 Å². The maximum absolute atomic E-state index is 16.0. The summed E-state index contributed by atoms with van der Waals surface area (Å²) in [6, 6.07) is 36.4. The fourth-order valence-electron chi connectivity index (χ4n) is 8.72. The number of benzene rings is 5. The van der Waals surface area contributed by atoms with E-state index in [9.17, 15) is 13.2 Å². The number of alkyl halides is 3. The van der Waals surface area contributed by atoms with E-state index in [0.717, 1.165) is 17.0 Å². The van der Waals surface area contributed by atoms with Crippen LogP contribution in [0, 0.1) is 11.8 Å². The molecule has 2 bridgehead atoms. The predicted octanol–water partition coefficient (Wildman–Crippen LogP) is 7.91. The molecule has 1 aliphatic heterocycles. The second-order valence-electron chi connectivity index (χ2n) is 12.9. The Morgan fingerprint density at radius 2 is 1.00 bits per heavy atom. The van der Waals surface area contributed by atoms with Crippen molar-refractivity contribution in [2.24, 2.45) is 11.8 Å². The normalized spacial score (nSPS) is 23.9. The number of Topliss-reactive ketones (excluding diaryl/α,β-unsaturated/α-hetero) is 1. The van der Waals surface area contributed by atoms with Crippen molar-refractivity contribution in [2.45, 2.75) is 17.0 Å². The smallest absolute Gasteiger partial charge is 0.416 e. The first-order valence-corrected chi connectivity index (χ1v) is 16.3. The minimum Gasteiger partial charge on any atom is -0.497 e. The number of nitrogens with zero attached hydrogens (tertiary/aromatic N) is 1. The van der Waals surface area contributed by atoms with Gasteiger partial charge in [0, 0.05) is 0 Å². The first kappa shape index (κ1) is 32.3. The molecule has 1 saturated carbocycles. The van der Waals surface area contributed by atoms with Gasteiger partial charge >= 0.3 is 6.18 Å². The van der Waals surface area contributed by atoms with Crippen LogP contribution in [0.4, 0.5) is 18.9 Å². The minimum atomic E-state index is -4.71. The number of allylic oxidation sites excluding steroid dienone is 2. The van der Waals surface area contributed by atoms with E-state index in [1.807, 2.05) is 24.3 Å². The van der Waals surface area contributed by atoms with Crippen molar-refractivity contribution in [1.29, 1.82) is 0 Å². The van der Waals surface area contributed by atoms with Crippen molar-refractivity contribution in [1.82, 2.24) is 0 Å². The van der Waals surface area contributed by atoms with Crippen LogP contribution in [0.15, 0.2) is 133 Å². The van der Waals surface area contributed by atoms with Gasteiger partial charge in [-0.05, 0) is 75.9 Å². The lowest BCUT2D eigenvalue weighted by molar-refractivity contribution is -0.137. The van der Waals surface area contributed by atoms with Gasteiger partial charge in [-0.1, -0.05) is 91.0 Å². The Balaban J connectivity index is 1.52. The highest BCUT2D eigenvalue weighted by Crippen LogP contribution is 2.74. The van der Waals surface area contributed by atoms with Gasteiger partial charge in [-0.2, -0.15) is 13.2 Å². The van der Waals surface area contributed by atoms with Crippen molar-refractivity contribution < 1.29 is 37.0 Å². The maximum atomic E-state index is 16.0. The highest BCUT2D eigenvalue weighted by molar-refractivity contribution is 6.39. The number of carbonyl (C=O) groups excluding carboxylic acids is 3. The predicted molar refractivity (Wildman–Crippen MR) is 185 cm³/mol. The summed E-state index contributed by atoms with van der Waals surface area (Å²) in [5.41, 5.74) is -1.27. The molecule has 6 nitrogen and oxygen atoms in total. The van der Waals surface area contributed by atoms with Gasteiger partial charge in [0.1, 0.15) is 11.5 Å². The molecule has 0 unspecified atom stereocenters. The summed E-state index contributed by atoms with van der Waals surface area (Å²) in [7, 11) is 3.09. The maximum Gasteiger partial charge on any atom is 0.416 e. The highest BCUT2D eigenvalue weighted by atomic mass is 19.4.